The summed E-state index contributed by atoms with van der Waals surface area (Å²) in [7, 11) is 4.93. The van der Waals surface area contributed by atoms with E-state index in [4.69, 9.17) is 9.47 Å². The van der Waals surface area contributed by atoms with Crippen LogP contribution in [0.2, 0.25) is 0 Å². The van der Waals surface area contributed by atoms with Crippen molar-refractivity contribution in [2.75, 3.05) is 33.1 Å². The van der Waals surface area contributed by atoms with E-state index in [0.29, 0.717) is 12.2 Å². The van der Waals surface area contributed by atoms with Crippen LogP contribution >= 0.6 is 0 Å². The number of nitro benzene ring substituents is 1. The van der Waals surface area contributed by atoms with Crippen molar-refractivity contribution in [3.63, 3.8) is 0 Å². The number of amides is 1. The number of nitrogens with one attached hydrogen (secondary N) is 2. The molecular formula is C18H22N3O5+. The van der Waals surface area contributed by atoms with Crippen LogP contribution in [0.25, 0.3) is 0 Å². The van der Waals surface area contributed by atoms with Crippen molar-refractivity contribution in [3.05, 3.63) is 58.1 Å². The minimum Gasteiger partial charge on any atom is -0.497 e. The molecule has 2 aromatic rings. The zero-order valence-corrected chi connectivity index (χ0v) is 14.9. The lowest BCUT2D eigenvalue weighted by Gasteiger charge is -2.15. The fraction of sp³-hybridized carbons (Fsp3) is 0.278. The second-order valence-corrected chi connectivity index (χ2v) is 5.85. The normalized spacial score (nSPS) is 11.5. The van der Waals surface area contributed by atoms with Gasteiger partial charge in [0.2, 0.25) is 0 Å². The van der Waals surface area contributed by atoms with Crippen molar-refractivity contribution in [2.24, 2.45) is 0 Å². The van der Waals surface area contributed by atoms with Crippen molar-refractivity contribution >= 4 is 17.3 Å². The van der Waals surface area contributed by atoms with E-state index in [-0.39, 0.29) is 23.9 Å². The maximum absolute atomic E-state index is 12.3. The second kappa shape index (κ2) is 8.82. The third-order valence-corrected chi connectivity index (χ3v) is 3.80. The van der Waals surface area contributed by atoms with Crippen molar-refractivity contribution < 1.29 is 24.1 Å². The summed E-state index contributed by atoms with van der Waals surface area (Å²) in [4.78, 5) is 23.6. The third kappa shape index (κ3) is 5.18. The number of non-ortho nitro benzene ring substituents is 1. The Bertz CT molecular complexity index is 777. The fourth-order valence-corrected chi connectivity index (χ4v) is 2.52. The van der Waals surface area contributed by atoms with Crippen LogP contribution in [0.15, 0.2) is 42.5 Å². The molecule has 0 fully saturated rings. The van der Waals surface area contributed by atoms with Gasteiger partial charge >= 0.3 is 0 Å². The summed E-state index contributed by atoms with van der Waals surface area (Å²) >= 11 is 0. The first-order valence-electron chi connectivity index (χ1n) is 7.99. The summed E-state index contributed by atoms with van der Waals surface area (Å²) in [6.45, 7) is 0.918. The third-order valence-electron chi connectivity index (χ3n) is 3.80. The van der Waals surface area contributed by atoms with Crippen molar-refractivity contribution in [1.29, 1.82) is 0 Å². The molecule has 0 aliphatic heterocycles. The number of likely N-dealkylation sites (N-methyl/N-ethyl adjacent to an activating group) is 1. The molecule has 8 heteroatoms. The number of hydrogen-bond acceptors (Lipinski definition) is 5. The molecule has 0 aromatic heterocycles. The number of rotatable bonds is 8. The van der Waals surface area contributed by atoms with Gasteiger partial charge in [0.25, 0.3) is 11.6 Å². The Kier molecular flexibility index (Phi) is 6.51. The molecule has 1 unspecified atom stereocenters. The first-order valence-corrected chi connectivity index (χ1v) is 7.99. The maximum atomic E-state index is 12.3. The van der Waals surface area contributed by atoms with Crippen LogP contribution in [0.3, 0.4) is 0 Å². The quantitative estimate of drug-likeness (QED) is 0.546. The van der Waals surface area contributed by atoms with E-state index in [9.17, 15) is 14.9 Å². The summed E-state index contributed by atoms with van der Waals surface area (Å²) in [5.41, 5.74) is 1.39. The molecule has 0 bridgehead atoms. The van der Waals surface area contributed by atoms with Gasteiger partial charge in [-0.15, -0.1) is 0 Å². The lowest BCUT2D eigenvalue weighted by atomic mass is 10.2. The van der Waals surface area contributed by atoms with Gasteiger partial charge in [-0.1, -0.05) is 0 Å². The average Bonchev–Trinajstić information content (AvgIpc) is 2.62. The summed E-state index contributed by atoms with van der Waals surface area (Å²) < 4.78 is 10.2. The van der Waals surface area contributed by atoms with E-state index in [0.717, 1.165) is 16.2 Å². The van der Waals surface area contributed by atoms with Gasteiger partial charge < -0.3 is 19.7 Å². The fourth-order valence-electron chi connectivity index (χ4n) is 2.52. The van der Waals surface area contributed by atoms with Crippen LogP contribution < -0.4 is 19.7 Å². The van der Waals surface area contributed by atoms with Gasteiger partial charge in [-0.3, -0.25) is 14.9 Å². The molecule has 0 aliphatic carbocycles. The summed E-state index contributed by atoms with van der Waals surface area (Å²) in [5.74, 6) is 0.831. The van der Waals surface area contributed by atoms with E-state index in [1.807, 2.05) is 31.3 Å². The molecule has 0 radical (unpaired) electrons. The molecule has 1 atom stereocenters. The van der Waals surface area contributed by atoms with E-state index >= 15 is 0 Å². The van der Waals surface area contributed by atoms with Crippen LogP contribution in [-0.4, -0.2) is 38.6 Å². The molecule has 0 saturated carbocycles. The van der Waals surface area contributed by atoms with Gasteiger partial charge in [0, 0.05) is 11.6 Å². The van der Waals surface area contributed by atoms with E-state index in [1.165, 1.54) is 25.3 Å². The lowest BCUT2D eigenvalue weighted by Crippen LogP contribution is -3.08. The Morgan fingerprint density at radius 3 is 2.42 bits per heavy atom. The molecule has 8 nitrogen and oxygen atoms in total. The number of hydrogen-bond donors (Lipinski definition) is 2. The van der Waals surface area contributed by atoms with Gasteiger partial charge in [0.05, 0.1) is 37.9 Å². The number of methoxy groups -OCH3 is 2. The molecule has 138 valence electrons. The van der Waals surface area contributed by atoms with Crippen molar-refractivity contribution in [3.8, 4) is 11.5 Å². The minimum absolute atomic E-state index is 0.0953. The molecule has 0 saturated heterocycles. The summed E-state index contributed by atoms with van der Waals surface area (Å²) in [5, 5.41) is 13.5. The van der Waals surface area contributed by atoms with Gasteiger partial charge in [-0.25, -0.2) is 0 Å². The second-order valence-electron chi connectivity index (χ2n) is 5.85. The van der Waals surface area contributed by atoms with Gasteiger partial charge in [0.1, 0.15) is 18.0 Å². The highest BCUT2D eigenvalue weighted by Gasteiger charge is 2.16. The lowest BCUT2D eigenvalue weighted by molar-refractivity contribution is -0.885. The van der Waals surface area contributed by atoms with Crippen molar-refractivity contribution in [1.82, 2.24) is 0 Å². The SMILES string of the molecule is COc1ccc(C[NH+](C)CC(=O)Nc2ccc([N+](=O)[O-])cc2OC)cc1. The molecular weight excluding hydrogens is 338 g/mol. The zero-order chi connectivity index (χ0) is 19.1. The average molecular weight is 360 g/mol. The largest absolute Gasteiger partial charge is 0.497 e. The summed E-state index contributed by atoms with van der Waals surface area (Å²) in [6, 6.07) is 11.7. The predicted molar refractivity (Wildman–Crippen MR) is 96.7 cm³/mol. The Hall–Kier alpha value is -3.13. The van der Waals surface area contributed by atoms with Crippen LogP contribution in [0.1, 0.15) is 5.56 Å². The monoisotopic (exact) mass is 360 g/mol. The van der Waals surface area contributed by atoms with Gasteiger partial charge in [0.15, 0.2) is 6.54 Å². The maximum Gasteiger partial charge on any atom is 0.279 e. The van der Waals surface area contributed by atoms with Crippen LogP contribution in [-0.2, 0) is 11.3 Å². The molecule has 2 aromatic carbocycles. The highest BCUT2D eigenvalue weighted by molar-refractivity contribution is 5.93. The first kappa shape index (κ1) is 19.2. The Balaban J connectivity index is 1.95. The Morgan fingerprint density at radius 1 is 1.15 bits per heavy atom. The molecule has 1 amide bonds. The van der Waals surface area contributed by atoms with Gasteiger partial charge in [-0.2, -0.15) is 0 Å². The smallest absolute Gasteiger partial charge is 0.279 e. The number of anilines is 1. The highest BCUT2D eigenvalue weighted by atomic mass is 16.6. The minimum atomic E-state index is -0.513. The Morgan fingerprint density at radius 2 is 1.85 bits per heavy atom. The highest BCUT2D eigenvalue weighted by Crippen LogP contribution is 2.28. The first-order chi connectivity index (χ1) is 12.4. The van der Waals surface area contributed by atoms with E-state index < -0.39 is 4.92 Å². The molecule has 2 rings (SSSR count). The van der Waals surface area contributed by atoms with Crippen molar-refractivity contribution in [2.45, 2.75) is 6.54 Å². The number of nitro groups is 1. The number of nitrogens with zero attached hydrogens (tertiary/aromatic N) is 1. The molecule has 0 aliphatic rings. The molecule has 26 heavy (non-hydrogen) atoms. The Labute approximate surface area is 151 Å². The van der Waals surface area contributed by atoms with Crippen LogP contribution in [0.5, 0.6) is 11.5 Å². The van der Waals surface area contributed by atoms with E-state index in [2.05, 4.69) is 5.32 Å². The zero-order valence-electron chi connectivity index (χ0n) is 14.9. The topological polar surface area (TPSA) is 95.1 Å². The summed E-state index contributed by atoms with van der Waals surface area (Å²) in [6.07, 6.45) is 0. The standard InChI is InChI=1S/C18H21N3O5/c1-20(11-13-4-7-15(25-2)8-5-13)12-18(22)19-16-9-6-14(21(23)24)10-17(16)26-3/h4-10H,11-12H2,1-3H3,(H,19,22)/p+1. The number of carbonyl (C=O) groups excluding carboxylic acids is 1. The van der Waals surface area contributed by atoms with Gasteiger partial charge in [-0.05, 0) is 30.3 Å². The van der Waals surface area contributed by atoms with E-state index in [1.54, 1.807) is 7.11 Å². The number of benzene rings is 2. The van der Waals surface area contributed by atoms with Crippen LogP contribution in [0.4, 0.5) is 11.4 Å². The van der Waals surface area contributed by atoms with Crippen LogP contribution in [0, 0.1) is 10.1 Å². The number of carbonyl (C=O) groups is 1. The molecule has 0 spiro atoms. The molecule has 0 heterocycles. The molecule has 2 N–H and O–H groups in total. The number of ether oxygens (including phenoxy) is 2. The number of quaternary nitrogens is 1. The predicted octanol–water partition coefficient (Wildman–Crippen LogP) is 1.27.